The number of ether oxygens (including phenoxy) is 1. The molecule has 7 heteroatoms. The Kier molecular flexibility index (Phi) is 7.39. The molecule has 0 unspecified atom stereocenters. The van der Waals surface area contributed by atoms with E-state index in [-0.39, 0.29) is 24.9 Å². The van der Waals surface area contributed by atoms with E-state index in [9.17, 15) is 9.59 Å². The second kappa shape index (κ2) is 10.2. The summed E-state index contributed by atoms with van der Waals surface area (Å²) in [7, 11) is 0. The van der Waals surface area contributed by atoms with Crippen molar-refractivity contribution in [3.05, 3.63) is 64.1 Å². The number of nitrogens with zero attached hydrogens (tertiary/aromatic N) is 1. The van der Waals surface area contributed by atoms with Gasteiger partial charge >= 0.3 is 5.97 Å². The van der Waals surface area contributed by atoms with Crippen LogP contribution in [0.25, 0.3) is 10.2 Å². The van der Waals surface area contributed by atoms with Gasteiger partial charge in [-0.3, -0.25) is 9.59 Å². The normalized spacial score (nSPS) is 10.8. The summed E-state index contributed by atoms with van der Waals surface area (Å²) in [6.07, 6.45) is 2.34. The first-order valence-corrected chi connectivity index (χ1v) is 10.3. The van der Waals surface area contributed by atoms with Gasteiger partial charge in [0, 0.05) is 18.0 Å². The molecule has 0 aliphatic heterocycles. The van der Waals surface area contributed by atoms with Gasteiger partial charge < -0.3 is 10.1 Å². The van der Waals surface area contributed by atoms with Gasteiger partial charge in [-0.1, -0.05) is 35.9 Å². The third-order valence-electron chi connectivity index (χ3n) is 4.12. The fraction of sp³-hybridized carbons (Fsp3) is 0.286. The van der Waals surface area contributed by atoms with E-state index in [1.165, 1.54) is 0 Å². The number of esters is 1. The van der Waals surface area contributed by atoms with Crippen LogP contribution in [0.15, 0.2) is 48.5 Å². The Morgan fingerprint density at radius 1 is 1.07 bits per heavy atom. The number of amides is 1. The lowest BCUT2D eigenvalue weighted by molar-refractivity contribution is -0.148. The number of benzene rings is 2. The predicted octanol–water partition coefficient (Wildman–Crippen LogP) is 4.17. The molecule has 3 aromatic rings. The van der Waals surface area contributed by atoms with Crippen LogP contribution < -0.4 is 5.32 Å². The summed E-state index contributed by atoms with van der Waals surface area (Å²) in [5.74, 6) is -0.664. The molecule has 0 radical (unpaired) electrons. The van der Waals surface area contributed by atoms with Crippen molar-refractivity contribution in [3.63, 3.8) is 0 Å². The van der Waals surface area contributed by atoms with Crippen molar-refractivity contribution in [2.24, 2.45) is 0 Å². The topological polar surface area (TPSA) is 68.3 Å². The molecule has 0 bridgehead atoms. The van der Waals surface area contributed by atoms with Crippen LogP contribution in [0.4, 0.5) is 0 Å². The monoisotopic (exact) mass is 416 g/mol. The van der Waals surface area contributed by atoms with Gasteiger partial charge in [0.25, 0.3) is 5.91 Å². The number of hydrogen-bond donors (Lipinski definition) is 1. The van der Waals surface area contributed by atoms with Crippen molar-refractivity contribution >= 4 is 45.0 Å². The highest BCUT2D eigenvalue weighted by molar-refractivity contribution is 7.18. The van der Waals surface area contributed by atoms with Gasteiger partial charge in [-0.15, -0.1) is 11.3 Å². The number of aryl methyl sites for hydroxylation is 1. The molecule has 0 saturated heterocycles. The number of para-hydroxylation sites is 1. The third-order valence-corrected chi connectivity index (χ3v) is 5.47. The number of nitrogens with one attached hydrogen (secondary N) is 1. The standard InChI is InChI=1S/C21H21ClN2O3S/c22-16-10-8-15(9-11-16)12-13-23-19(25)14-27-21(26)7-3-6-20-24-17-4-1-2-5-18(17)28-20/h1-2,4-5,8-11H,3,6-7,12-14H2,(H,23,25). The summed E-state index contributed by atoms with van der Waals surface area (Å²) < 4.78 is 6.18. The molecule has 1 amide bonds. The average Bonchev–Trinajstić information content (AvgIpc) is 3.11. The van der Waals surface area contributed by atoms with Gasteiger partial charge in [-0.2, -0.15) is 0 Å². The molecule has 0 fully saturated rings. The van der Waals surface area contributed by atoms with Crippen molar-refractivity contribution in [2.75, 3.05) is 13.2 Å². The minimum Gasteiger partial charge on any atom is -0.456 e. The zero-order valence-corrected chi connectivity index (χ0v) is 16.9. The summed E-state index contributed by atoms with van der Waals surface area (Å²) in [6.45, 7) is 0.232. The van der Waals surface area contributed by atoms with E-state index in [0.29, 0.717) is 24.4 Å². The summed E-state index contributed by atoms with van der Waals surface area (Å²) in [5.41, 5.74) is 2.07. The molecule has 0 aliphatic rings. The lowest BCUT2D eigenvalue weighted by Crippen LogP contribution is -2.30. The zero-order valence-electron chi connectivity index (χ0n) is 15.3. The first-order chi connectivity index (χ1) is 13.6. The number of carbonyl (C=O) groups excluding carboxylic acids is 2. The Morgan fingerprint density at radius 3 is 2.64 bits per heavy atom. The smallest absolute Gasteiger partial charge is 0.306 e. The first kappa shape index (κ1) is 20.3. The van der Waals surface area contributed by atoms with Gasteiger partial charge in [-0.05, 0) is 49.1 Å². The minimum atomic E-state index is -0.367. The van der Waals surface area contributed by atoms with Gasteiger partial charge in [-0.25, -0.2) is 4.98 Å². The van der Waals surface area contributed by atoms with E-state index in [4.69, 9.17) is 16.3 Å². The summed E-state index contributed by atoms with van der Waals surface area (Å²) in [5, 5.41) is 4.43. The molecular weight excluding hydrogens is 396 g/mol. The Labute approximate surface area is 172 Å². The van der Waals surface area contributed by atoms with Crippen LogP contribution in [0.3, 0.4) is 0 Å². The fourth-order valence-corrected chi connectivity index (χ4v) is 3.81. The van der Waals surface area contributed by atoms with Crippen LogP contribution in [-0.4, -0.2) is 30.0 Å². The molecule has 1 heterocycles. The van der Waals surface area contributed by atoms with Crippen LogP contribution in [0.5, 0.6) is 0 Å². The van der Waals surface area contributed by atoms with Crippen molar-refractivity contribution < 1.29 is 14.3 Å². The van der Waals surface area contributed by atoms with Gasteiger partial charge in [0.05, 0.1) is 15.2 Å². The number of fused-ring (bicyclic) bond motifs is 1. The van der Waals surface area contributed by atoms with Gasteiger partial charge in [0.2, 0.25) is 0 Å². The molecule has 3 rings (SSSR count). The number of carbonyl (C=O) groups is 2. The van der Waals surface area contributed by atoms with E-state index in [1.807, 2.05) is 48.5 Å². The van der Waals surface area contributed by atoms with Gasteiger partial charge in [0.15, 0.2) is 6.61 Å². The summed E-state index contributed by atoms with van der Waals surface area (Å²) in [4.78, 5) is 28.1. The van der Waals surface area contributed by atoms with Crippen molar-refractivity contribution in [1.82, 2.24) is 10.3 Å². The van der Waals surface area contributed by atoms with Crippen LogP contribution >= 0.6 is 22.9 Å². The maximum absolute atomic E-state index is 11.8. The molecule has 1 N–H and O–H groups in total. The average molecular weight is 417 g/mol. The molecule has 28 heavy (non-hydrogen) atoms. The predicted molar refractivity (Wildman–Crippen MR) is 112 cm³/mol. The minimum absolute atomic E-state index is 0.249. The number of thiazole rings is 1. The molecule has 2 aromatic carbocycles. The Bertz CT molecular complexity index is 907. The van der Waals surface area contributed by atoms with Crippen LogP contribution in [0.1, 0.15) is 23.4 Å². The molecule has 0 atom stereocenters. The van der Waals surface area contributed by atoms with Crippen LogP contribution in [0.2, 0.25) is 5.02 Å². The number of halogens is 1. The van der Waals surface area contributed by atoms with Crippen molar-refractivity contribution in [1.29, 1.82) is 0 Å². The SMILES string of the molecule is O=C(COC(=O)CCCc1nc2ccccc2s1)NCCc1ccc(Cl)cc1. The number of aromatic nitrogens is 1. The number of rotatable bonds is 9. The van der Waals surface area contributed by atoms with E-state index in [1.54, 1.807) is 11.3 Å². The second-order valence-electron chi connectivity index (χ2n) is 6.32. The summed E-state index contributed by atoms with van der Waals surface area (Å²) in [6, 6.07) is 15.4. The molecule has 0 aliphatic carbocycles. The number of hydrogen-bond acceptors (Lipinski definition) is 5. The molecule has 0 spiro atoms. The fourth-order valence-electron chi connectivity index (χ4n) is 2.68. The molecule has 1 aromatic heterocycles. The molecular formula is C21H21ClN2O3S. The highest BCUT2D eigenvalue weighted by atomic mass is 35.5. The molecule has 146 valence electrons. The lowest BCUT2D eigenvalue weighted by atomic mass is 10.1. The van der Waals surface area contributed by atoms with Crippen molar-refractivity contribution in [2.45, 2.75) is 25.7 Å². The van der Waals surface area contributed by atoms with Crippen LogP contribution in [-0.2, 0) is 27.2 Å². The molecule has 5 nitrogen and oxygen atoms in total. The molecule has 0 saturated carbocycles. The quantitative estimate of drug-likeness (QED) is 0.531. The maximum atomic E-state index is 11.8. The second-order valence-corrected chi connectivity index (χ2v) is 7.87. The summed E-state index contributed by atoms with van der Waals surface area (Å²) >= 11 is 7.48. The Hall–Kier alpha value is -2.44. The first-order valence-electron chi connectivity index (χ1n) is 9.11. The Morgan fingerprint density at radius 2 is 1.86 bits per heavy atom. The van der Waals surface area contributed by atoms with Crippen molar-refractivity contribution in [3.8, 4) is 0 Å². The van der Waals surface area contributed by atoms with Crippen LogP contribution in [0, 0.1) is 0 Å². The van der Waals surface area contributed by atoms with E-state index in [0.717, 1.165) is 27.2 Å². The zero-order chi connectivity index (χ0) is 19.8. The third kappa shape index (κ3) is 6.32. The van der Waals surface area contributed by atoms with E-state index >= 15 is 0 Å². The highest BCUT2D eigenvalue weighted by Crippen LogP contribution is 2.22. The lowest BCUT2D eigenvalue weighted by Gasteiger charge is -2.07. The van der Waals surface area contributed by atoms with Gasteiger partial charge in [0.1, 0.15) is 0 Å². The highest BCUT2D eigenvalue weighted by Gasteiger charge is 2.09. The Balaban J connectivity index is 1.29. The largest absolute Gasteiger partial charge is 0.456 e. The van der Waals surface area contributed by atoms with E-state index in [2.05, 4.69) is 10.3 Å². The maximum Gasteiger partial charge on any atom is 0.306 e. The van der Waals surface area contributed by atoms with E-state index < -0.39 is 0 Å².